The van der Waals surface area contributed by atoms with E-state index < -0.39 is 15.9 Å². The molecule has 0 aliphatic heterocycles. The number of sulfone groups is 1. The molecule has 0 aliphatic carbocycles. The molecule has 2 amide bonds. The molecule has 0 bridgehead atoms. The first-order valence-corrected chi connectivity index (χ1v) is 11.3. The molecule has 2 rings (SSSR count). The Morgan fingerprint density at radius 3 is 2.22 bits per heavy atom. The lowest BCUT2D eigenvalue weighted by Crippen LogP contribution is -2.39. The highest BCUT2D eigenvalue weighted by Gasteiger charge is 2.25. The van der Waals surface area contributed by atoms with Crippen LogP contribution in [0.5, 0.6) is 0 Å². The summed E-state index contributed by atoms with van der Waals surface area (Å²) in [4.78, 5) is 27.3. The predicted octanol–water partition coefficient (Wildman–Crippen LogP) is 3.16. The van der Waals surface area contributed by atoms with E-state index in [2.05, 4.69) is 5.32 Å². The molecule has 1 aromatic carbocycles. The van der Waals surface area contributed by atoms with Crippen LogP contribution in [0.3, 0.4) is 0 Å². The largest absolute Gasteiger partial charge is 0.348 e. The van der Waals surface area contributed by atoms with Gasteiger partial charge in [0.15, 0.2) is 9.84 Å². The molecule has 0 unspecified atom stereocenters. The van der Waals surface area contributed by atoms with Crippen molar-refractivity contribution in [2.45, 2.75) is 44.2 Å². The number of benzene rings is 1. The molecule has 146 valence electrons. The van der Waals surface area contributed by atoms with Crippen LogP contribution in [-0.4, -0.2) is 32.5 Å². The molecular formula is C19H24N2O4S2. The summed E-state index contributed by atoms with van der Waals surface area (Å²) in [5.74, 6) is -0.348. The van der Waals surface area contributed by atoms with Crippen molar-refractivity contribution in [1.82, 2.24) is 5.32 Å². The third kappa shape index (κ3) is 5.64. The molecule has 0 spiro atoms. The van der Waals surface area contributed by atoms with Gasteiger partial charge < -0.3 is 10.2 Å². The topological polar surface area (TPSA) is 83.6 Å². The molecule has 0 saturated heterocycles. The normalized spacial score (nSPS) is 12.6. The Bertz CT molecular complexity index is 888. The summed E-state index contributed by atoms with van der Waals surface area (Å²) in [6.07, 6.45) is 1.26. The van der Waals surface area contributed by atoms with E-state index in [-0.39, 0.29) is 29.2 Å². The van der Waals surface area contributed by atoms with E-state index >= 15 is 0 Å². The zero-order valence-corrected chi connectivity index (χ0v) is 17.4. The molecule has 8 heteroatoms. The van der Waals surface area contributed by atoms with E-state index in [0.717, 1.165) is 11.1 Å². The third-order valence-corrected chi connectivity index (χ3v) is 6.09. The lowest BCUT2D eigenvalue weighted by molar-refractivity contribution is -0.121. The van der Waals surface area contributed by atoms with Gasteiger partial charge in [-0.1, -0.05) is 6.07 Å². The number of thiophene rings is 1. The molecule has 1 heterocycles. The van der Waals surface area contributed by atoms with Crippen molar-refractivity contribution in [3.05, 3.63) is 46.7 Å². The number of hydrogen-bond donors (Lipinski definition) is 1. The Morgan fingerprint density at radius 2 is 1.78 bits per heavy atom. The van der Waals surface area contributed by atoms with Crippen LogP contribution >= 0.6 is 11.3 Å². The summed E-state index contributed by atoms with van der Waals surface area (Å²) in [5, 5.41) is 4.73. The van der Waals surface area contributed by atoms with Crippen molar-refractivity contribution in [3.8, 4) is 0 Å². The van der Waals surface area contributed by atoms with E-state index in [9.17, 15) is 18.0 Å². The maximum absolute atomic E-state index is 13.0. The maximum atomic E-state index is 13.0. The number of nitrogens with zero attached hydrogens (tertiary/aromatic N) is 1. The second-order valence-corrected chi connectivity index (χ2v) is 9.59. The van der Waals surface area contributed by atoms with Gasteiger partial charge in [0.05, 0.1) is 17.4 Å². The van der Waals surface area contributed by atoms with Crippen LogP contribution in [0, 0.1) is 0 Å². The molecule has 6 nitrogen and oxygen atoms in total. The Morgan fingerprint density at radius 1 is 1.15 bits per heavy atom. The van der Waals surface area contributed by atoms with Crippen molar-refractivity contribution in [1.29, 1.82) is 0 Å². The number of rotatable bonds is 7. The minimum atomic E-state index is -3.30. The zero-order valence-electron chi connectivity index (χ0n) is 15.8. The average molecular weight is 409 g/mol. The van der Waals surface area contributed by atoms with Gasteiger partial charge in [0.1, 0.15) is 0 Å². The van der Waals surface area contributed by atoms with Gasteiger partial charge in [0, 0.05) is 29.8 Å². The fourth-order valence-electron chi connectivity index (χ4n) is 2.81. The first-order chi connectivity index (χ1) is 12.6. The first-order valence-electron chi connectivity index (χ1n) is 8.52. The highest BCUT2D eigenvalue weighted by molar-refractivity contribution is 7.90. The van der Waals surface area contributed by atoms with Gasteiger partial charge in [-0.2, -0.15) is 0 Å². The van der Waals surface area contributed by atoms with Gasteiger partial charge in [-0.05, 0) is 49.6 Å². The van der Waals surface area contributed by atoms with Gasteiger partial charge in [-0.25, -0.2) is 8.42 Å². The smallest absolute Gasteiger partial charge is 0.229 e. The van der Waals surface area contributed by atoms with Crippen molar-refractivity contribution < 1.29 is 18.0 Å². The van der Waals surface area contributed by atoms with E-state index in [1.54, 1.807) is 17.0 Å². The van der Waals surface area contributed by atoms with Crippen LogP contribution < -0.4 is 10.2 Å². The van der Waals surface area contributed by atoms with E-state index in [1.165, 1.54) is 30.4 Å². The molecule has 27 heavy (non-hydrogen) atoms. The van der Waals surface area contributed by atoms with Crippen molar-refractivity contribution >= 4 is 38.7 Å². The average Bonchev–Trinajstić information content (AvgIpc) is 3.07. The zero-order chi connectivity index (χ0) is 20.2. The number of amides is 2. The second-order valence-electron chi connectivity index (χ2n) is 6.60. The summed E-state index contributed by atoms with van der Waals surface area (Å²) in [7, 11) is -3.30. The molecule has 1 atom stereocenters. The lowest BCUT2D eigenvalue weighted by atomic mass is 10.1. The monoisotopic (exact) mass is 408 g/mol. The third-order valence-electron chi connectivity index (χ3n) is 3.97. The number of hydrogen-bond acceptors (Lipinski definition) is 5. The summed E-state index contributed by atoms with van der Waals surface area (Å²) >= 11 is 1.48. The highest BCUT2D eigenvalue weighted by atomic mass is 32.2. The first kappa shape index (κ1) is 21.1. The van der Waals surface area contributed by atoms with Gasteiger partial charge in [0.2, 0.25) is 11.8 Å². The van der Waals surface area contributed by atoms with E-state index in [0.29, 0.717) is 5.69 Å². The van der Waals surface area contributed by atoms with E-state index in [1.807, 2.05) is 31.4 Å². The van der Waals surface area contributed by atoms with Gasteiger partial charge in [0.25, 0.3) is 0 Å². The summed E-state index contributed by atoms with van der Waals surface area (Å²) < 4.78 is 23.3. The summed E-state index contributed by atoms with van der Waals surface area (Å²) in [5.41, 5.74) is 0.621. The van der Waals surface area contributed by atoms with Crippen LogP contribution in [0.1, 0.15) is 38.1 Å². The Hall–Kier alpha value is -2.19. The SMILES string of the molecule is CC(=O)N[C@@H](CC(=O)N(c1ccc(S(C)(=O)=O)cc1)C(C)C)c1cccs1. The molecule has 0 radical (unpaired) electrons. The molecule has 0 fully saturated rings. The maximum Gasteiger partial charge on any atom is 0.229 e. The fraction of sp³-hybridized carbons (Fsp3) is 0.368. The molecule has 2 aromatic rings. The minimum Gasteiger partial charge on any atom is -0.348 e. The van der Waals surface area contributed by atoms with Crippen LogP contribution in [0.25, 0.3) is 0 Å². The molecule has 0 saturated carbocycles. The molecule has 1 N–H and O–H groups in total. The van der Waals surface area contributed by atoms with Gasteiger partial charge >= 0.3 is 0 Å². The lowest BCUT2D eigenvalue weighted by Gasteiger charge is -2.29. The van der Waals surface area contributed by atoms with E-state index in [4.69, 9.17) is 0 Å². The fourth-order valence-corrected chi connectivity index (χ4v) is 4.22. The Kier molecular flexibility index (Phi) is 6.78. The minimum absolute atomic E-state index is 0.117. The van der Waals surface area contributed by atoms with Gasteiger partial charge in [-0.15, -0.1) is 11.3 Å². The standard InChI is InChI=1S/C19H24N2O4S2/c1-13(2)21(15-7-9-16(10-8-15)27(4,24)25)19(23)12-17(20-14(3)22)18-6-5-11-26-18/h5-11,13,17H,12H2,1-4H3,(H,20,22)/t17-/m0/s1. The van der Waals surface area contributed by atoms with Crippen molar-refractivity contribution in [2.24, 2.45) is 0 Å². The Labute approximate surface area is 164 Å². The summed E-state index contributed by atoms with van der Waals surface area (Å²) in [6, 6.07) is 9.51. The molecule has 1 aromatic heterocycles. The number of nitrogens with one attached hydrogen (secondary N) is 1. The number of anilines is 1. The summed E-state index contributed by atoms with van der Waals surface area (Å²) in [6.45, 7) is 5.21. The predicted molar refractivity (Wildman–Crippen MR) is 108 cm³/mol. The molecule has 0 aliphatic rings. The Balaban J connectivity index is 2.27. The number of carbonyl (C=O) groups is 2. The quantitative estimate of drug-likeness (QED) is 0.763. The second kappa shape index (κ2) is 8.67. The van der Waals surface area contributed by atoms with Gasteiger partial charge in [-0.3, -0.25) is 9.59 Å². The van der Waals surface area contributed by atoms with Crippen LogP contribution in [0.4, 0.5) is 5.69 Å². The van der Waals surface area contributed by atoms with Crippen molar-refractivity contribution in [3.63, 3.8) is 0 Å². The van der Waals surface area contributed by atoms with Crippen LogP contribution in [0.15, 0.2) is 46.7 Å². The van der Waals surface area contributed by atoms with Crippen LogP contribution in [-0.2, 0) is 19.4 Å². The highest BCUT2D eigenvalue weighted by Crippen LogP contribution is 2.26. The van der Waals surface area contributed by atoms with Crippen LogP contribution in [0.2, 0.25) is 0 Å². The molecular weight excluding hydrogens is 384 g/mol. The number of carbonyl (C=O) groups excluding carboxylic acids is 2. The van der Waals surface area contributed by atoms with Crippen molar-refractivity contribution in [2.75, 3.05) is 11.2 Å².